The molecule has 1 N–H and O–H groups in total. The molecule has 4 aromatic rings. The third kappa shape index (κ3) is 4.70. The van der Waals surface area contributed by atoms with E-state index in [1.165, 1.54) is 0 Å². The zero-order valence-electron chi connectivity index (χ0n) is 15.8. The van der Waals surface area contributed by atoms with Gasteiger partial charge in [0.05, 0.1) is 5.69 Å². The van der Waals surface area contributed by atoms with Crippen LogP contribution in [0.4, 0.5) is 5.69 Å². The van der Waals surface area contributed by atoms with E-state index in [0.29, 0.717) is 11.3 Å². The van der Waals surface area contributed by atoms with Gasteiger partial charge in [0, 0.05) is 17.0 Å². The van der Waals surface area contributed by atoms with E-state index >= 15 is 0 Å². The second-order valence-electron chi connectivity index (χ2n) is 6.52. The summed E-state index contributed by atoms with van der Waals surface area (Å²) in [5, 5.41) is 15.6. The van der Waals surface area contributed by atoms with Crippen molar-refractivity contribution in [2.45, 2.75) is 17.8 Å². The van der Waals surface area contributed by atoms with Crippen molar-refractivity contribution in [1.29, 1.82) is 0 Å². The van der Waals surface area contributed by atoms with Crippen LogP contribution in [0.25, 0.3) is 5.69 Å². The van der Waals surface area contributed by atoms with Gasteiger partial charge in [0.2, 0.25) is 5.16 Å². The van der Waals surface area contributed by atoms with Crippen LogP contribution in [0.2, 0.25) is 0 Å². The molecule has 0 fully saturated rings. The summed E-state index contributed by atoms with van der Waals surface area (Å²) < 4.78 is 1.74. The highest BCUT2D eigenvalue weighted by Crippen LogP contribution is 2.23. The average Bonchev–Trinajstić information content (AvgIpc) is 3.22. The summed E-state index contributed by atoms with van der Waals surface area (Å²) in [5.41, 5.74) is 4.57. The lowest BCUT2D eigenvalue weighted by Crippen LogP contribution is -2.11. The molecule has 4 rings (SSSR count). The van der Waals surface area contributed by atoms with Gasteiger partial charge in [-0.15, -0.1) is 5.10 Å². The van der Waals surface area contributed by atoms with Crippen molar-refractivity contribution in [1.82, 2.24) is 20.2 Å². The highest BCUT2D eigenvalue weighted by atomic mass is 32.2. The molecule has 1 aromatic heterocycles. The molecule has 0 spiro atoms. The second-order valence-corrected chi connectivity index (χ2v) is 7.46. The molecule has 6 nitrogen and oxygen atoms in total. The predicted octanol–water partition coefficient (Wildman–Crippen LogP) is 4.52. The number of nitrogens with one attached hydrogen (secondary N) is 1. The van der Waals surface area contributed by atoms with Crippen LogP contribution < -0.4 is 5.32 Å². The van der Waals surface area contributed by atoms with Gasteiger partial charge in [-0.25, -0.2) is 0 Å². The molecule has 0 bridgehead atoms. The quantitative estimate of drug-likeness (QED) is 0.481. The summed E-state index contributed by atoms with van der Waals surface area (Å²) in [5.74, 6) is 0.575. The van der Waals surface area contributed by atoms with Gasteiger partial charge in [-0.05, 0) is 64.9 Å². The first kappa shape index (κ1) is 18.9. The molecule has 29 heavy (non-hydrogen) atoms. The standard InChI is InChI=1S/C22H19N5OS/c1-16-6-5-9-20(14-16)27-22(24-25-26-27)29-15-17-10-12-18(13-11-17)21(28)23-19-7-3-2-4-8-19/h2-14H,15H2,1H3,(H,23,28). The number of hydrogen-bond donors (Lipinski definition) is 1. The van der Waals surface area contributed by atoms with Gasteiger partial charge < -0.3 is 5.32 Å². The van der Waals surface area contributed by atoms with E-state index in [1.54, 1.807) is 16.4 Å². The van der Waals surface area contributed by atoms with Crippen molar-refractivity contribution in [2.24, 2.45) is 0 Å². The lowest BCUT2D eigenvalue weighted by atomic mass is 10.1. The fraction of sp³-hybridized carbons (Fsp3) is 0.0909. The maximum atomic E-state index is 12.4. The third-order valence-electron chi connectivity index (χ3n) is 4.30. The van der Waals surface area contributed by atoms with Gasteiger partial charge in [-0.1, -0.05) is 54.2 Å². The number of hydrogen-bond acceptors (Lipinski definition) is 5. The summed E-state index contributed by atoms with van der Waals surface area (Å²) >= 11 is 1.55. The van der Waals surface area contributed by atoms with Crippen LogP contribution in [0, 0.1) is 6.92 Å². The zero-order chi connectivity index (χ0) is 20.1. The molecular formula is C22H19N5OS. The van der Waals surface area contributed by atoms with Crippen LogP contribution in [0.3, 0.4) is 0 Å². The van der Waals surface area contributed by atoms with Crippen LogP contribution in [0.15, 0.2) is 84.0 Å². The van der Waals surface area contributed by atoms with Crippen molar-refractivity contribution in [2.75, 3.05) is 5.32 Å². The van der Waals surface area contributed by atoms with Gasteiger partial charge in [0.1, 0.15) is 0 Å². The third-order valence-corrected chi connectivity index (χ3v) is 5.29. The molecule has 0 radical (unpaired) electrons. The topological polar surface area (TPSA) is 72.7 Å². The predicted molar refractivity (Wildman–Crippen MR) is 114 cm³/mol. The molecular weight excluding hydrogens is 382 g/mol. The van der Waals surface area contributed by atoms with Crippen molar-refractivity contribution >= 4 is 23.4 Å². The minimum absolute atomic E-state index is 0.126. The molecule has 0 aliphatic carbocycles. The maximum Gasteiger partial charge on any atom is 0.255 e. The number of tetrazole rings is 1. The number of aromatic nitrogens is 4. The summed E-state index contributed by atoms with van der Waals surface area (Å²) in [4.78, 5) is 12.4. The number of nitrogens with zero attached hydrogens (tertiary/aromatic N) is 4. The Morgan fingerprint density at radius 1 is 1.00 bits per heavy atom. The Bertz CT molecular complexity index is 1110. The van der Waals surface area contributed by atoms with Crippen molar-refractivity contribution in [3.05, 3.63) is 95.6 Å². The van der Waals surface area contributed by atoms with E-state index in [1.807, 2.05) is 85.8 Å². The van der Waals surface area contributed by atoms with Crippen LogP contribution in [0.1, 0.15) is 21.5 Å². The molecule has 0 atom stereocenters. The smallest absolute Gasteiger partial charge is 0.255 e. The lowest BCUT2D eigenvalue weighted by molar-refractivity contribution is 0.102. The van der Waals surface area contributed by atoms with Crippen LogP contribution in [-0.2, 0) is 5.75 Å². The number of anilines is 1. The first-order chi connectivity index (χ1) is 14.2. The molecule has 3 aromatic carbocycles. The molecule has 0 saturated heterocycles. The van der Waals surface area contributed by atoms with Gasteiger partial charge >= 0.3 is 0 Å². The number of para-hydroxylation sites is 1. The van der Waals surface area contributed by atoms with E-state index in [-0.39, 0.29) is 5.91 Å². The second kappa shape index (κ2) is 8.70. The Hall–Kier alpha value is -3.45. The highest BCUT2D eigenvalue weighted by Gasteiger charge is 2.10. The largest absolute Gasteiger partial charge is 0.322 e. The van der Waals surface area contributed by atoms with Crippen LogP contribution >= 0.6 is 11.8 Å². The minimum atomic E-state index is -0.126. The van der Waals surface area contributed by atoms with Gasteiger partial charge in [-0.2, -0.15) is 4.68 Å². The average molecular weight is 401 g/mol. The summed E-state index contributed by atoms with van der Waals surface area (Å²) in [6.07, 6.45) is 0. The highest BCUT2D eigenvalue weighted by molar-refractivity contribution is 7.98. The molecule has 0 saturated carbocycles. The summed E-state index contributed by atoms with van der Waals surface area (Å²) in [6.45, 7) is 2.04. The van der Waals surface area contributed by atoms with Crippen LogP contribution in [0.5, 0.6) is 0 Å². The number of carbonyl (C=O) groups is 1. The van der Waals surface area contributed by atoms with E-state index in [9.17, 15) is 4.79 Å². The fourth-order valence-electron chi connectivity index (χ4n) is 2.82. The van der Waals surface area contributed by atoms with E-state index < -0.39 is 0 Å². The molecule has 0 unspecified atom stereocenters. The number of aryl methyl sites for hydroxylation is 1. The first-order valence-electron chi connectivity index (χ1n) is 9.12. The Kier molecular flexibility index (Phi) is 5.67. The summed E-state index contributed by atoms with van der Waals surface area (Å²) in [6, 6.07) is 25.0. The van der Waals surface area contributed by atoms with Crippen molar-refractivity contribution in [3.63, 3.8) is 0 Å². The van der Waals surface area contributed by atoms with Gasteiger partial charge in [-0.3, -0.25) is 4.79 Å². The Labute approximate surface area is 173 Å². The minimum Gasteiger partial charge on any atom is -0.322 e. The molecule has 1 heterocycles. The van der Waals surface area contributed by atoms with E-state index in [2.05, 4.69) is 20.8 Å². The molecule has 144 valence electrons. The number of amides is 1. The Morgan fingerprint density at radius 3 is 2.55 bits per heavy atom. The SMILES string of the molecule is Cc1cccc(-n2nnnc2SCc2ccc(C(=O)Nc3ccccc3)cc2)c1. The normalized spacial score (nSPS) is 10.7. The Balaban J connectivity index is 1.40. The Morgan fingerprint density at radius 2 is 1.79 bits per heavy atom. The number of rotatable bonds is 6. The van der Waals surface area contributed by atoms with Gasteiger partial charge in [0.25, 0.3) is 5.91 Å². The zero-order valence-corrected chi connectivity index (χ0v) is 16.6. The summed E-state index contributed by atoms with van der Waals surface area (Å²) in [7, 11) is 0. The maximum absolute atomic E-state index is 12.4. The molecule has 1 amide bonds. The number of carbonyl (C=O) groups excluding carboxylic acids is 1. The fourth-order valence-corrected chi connectivity index (χ4v) is 3.66. The van der Waals surface area contributed by atoms with E-state index in [4.69, 9.17) is 0 Å². The first-order valence-corrected chi connectivity index (χ1v) is 10.1. The lowest BCUT2D eigenvalue weighted by Gasteiger charge is -2.07. The van der Waals surface area contributed by atoms with Gasteiger partial charge in [0.15, 0.2) is 0 Å². The van der Waals surface area contributed by atoms with Crippen molar-refractivity contribution in [3.8, 4) is 5.69 Å². The van der Waals surface area contributed by atoms with E-state index in [0.717, 1.165) is 27.7 Å². The number of thioether (sulfide) groups is 1. The van der Waals surface area contributed by atoms with Crippen molar-refractivity contribution < 1.29 is 4.79 Å². The molecule has 0 aliphatic rings. The molecule has 7 heteroatoms. The van der Waals surface area contributed by atoms with Crippen LogP contribution in [-0.4, -0.2) is 26.1 Å². The molecule has 0 aliphatic heterocycles. The monoisotopic (exact) mass is 401 g/mol. The number of benzene rings is 3.